The molecule has 96 valence electrons. The van der Waals surface area contributed by atoms with E-state index in [1.54, 1.807) is 36.4 Å². The van der Waals surface area contributed by atoms with Gasteiger partial charge in [0.1, 0.15) is 0 Å². The van der Waals surface area contributed by atoms with E-state index in [2.05, 4.69) is 18.5 Å². The summed E-state index contributed by atoms with van der Waals surface area (Å²) in [5.74, 6) is -0.0662. The zero-order chi connectivity index (χ0) is 13.4. The first-order chi connectivity index (χ1) is 8.65. The molecule has 4 heteroatoms. The lowest BCUT2D eigenvalue weighted by Gasteiger charge is -2.18. The molecule has 1 aromatic rings. The molecule has 0 aliphatic rings. The summed E-state index contributed by atoms with van der Waals surface area (Å²) in [6, 6.07) is 7.05. The molecular formula is C14H19N3O. The molecule has 0 aliphatic heterocycles. The summed E-state index contributed by atoms with van der Waals surface area (Å²) < 4.78 is 0. The van der Waals surface area contributed by atoms with E-state index in [0.29, 0.717) is 25.3 Å². The van der Waals surface area contributed by atoms with E-state index >= 15 is 0 Å². The van der Waals surface area contributed by atoms with Crippen LogP contribution in [0.15, 0.2) is 49.6 Å². The van der Waals surface area contributed by atoms with Gasteiger partial charge in [0.05, 0.1) is 6.54 Å². The zero-order valence-electron chi connectivity index (χ0n) is 10.4. The Morgan fingerprint density at radius 3 is 2.28 bits per heavy atom. The normalized spacial score (nSPS) is 10.1. The Hall–Kier alpha value is -2.07. The zero-order valence-corrected chi connectivity index (χ0v) is 10.4. The summed E-state index contributed by atoms with van der Waals surface area (Å²) in [6.45, 7) is 8.94. The fourth-order valence-corrected chi connectivity index (χ4v) is 1.54. The smallest absolute Gasteiger partial charge is 0.238 e. The fourth-order valence-electron chi connectivity index (χ4n) is 1.54. The molecule has 0 heterocycles. The molecule has 0 atom stereocenters. The highest BCUT2D eigenvalue weighted by molar-refractivity contribution is 5.92. The van der Waals surface area contributed by atoms with Crippen LogP contribution in [0.25, 0.3) is 0 Å². The SMILES string of the molecule is C=CCN(CC=C)CC(=O)Nc1ccc(N)cc1. The summed E-state index contributed by atoms with van der Waals surface area (Å²) in [5.41, 5.74) is 6.99. The summed E-state index contributed by atoms with van der Waals surface area (Å²) in [4.78, 5) is 13.7. The van der Waals surface area contributed by atoms with Crippen LogP contribution < -0.4 is 11.1 Å². The van der Waals surface area contributed by atoms with Crippen molar-refractivity contribution in [2.24, 2.45) is 0 Å². The molecule has 0 saturated carbocycles. The second kappa shape index (κ2) is 7.29. The molecule has 0 unspecified atom stereocenters. The van der Waals surface area contributed by atoms with Gasteiger partial charge < -0.3 is 11.1 Å². The van der Waals surface area contributed by atoms with Gasteiger partial charge in [-0.05, 0) is 24.3 Å². The van der Waals surface area contributed by atoms with Crippen LogP contribution in [-0.4, -0.2) is 30.4 Å². The summed E-state index contributed by atoms with van der Waals surface area (Å²) >= 11 is 0. The molecule has 1 amide bonds. The van der Waals surface area contributed by atoms with Crippen LogP contribution in [0.5, 0.6) is 0 Å². The lowest BCUT2D eigenvalue weighted by molar-refractivity contribution is -0.117. The maximum absolute atomic E-state index is 11.8. The third kappa shape index (κ3) is 4.84. The third-order valence-electron chi connectivity index (χ3n) is 2.34. The predicted octanol–water partition coefficient (Wildman–Crippen LogP) is 1.88. The van der Waals surface area contributed by atoms with Crippen LogP contribution in [-0.2, 0) is 4.79 Å². The van der Waals surface area contributed by atoms with E-state index in [9.17, 15) is 4.79 Å². The van der Waals surface area contributed by atoms with Gasteiger partial charge in [0, 0.05) is 24.5 Å². The van der Waals surface area contributed by atoms with Gasteiger partial charge in [-0.3, -0.25) is 9.69 Å². The second-order valence-electron chi connectivity index (χ2n) is 3.94. The Bertz CT molecular complexity index is 402. The highest BCUT2D eigenvalue weighted by atomic mass is 16.2. The van der Waals surface area contributed by atoms with E-state index in [4.69, 9.17) is 5.73 Å². The minimum absolute atomic E-state index is 0.0662. The Morgan fingerprint density at radius 2 is 1.78 bits per heavy atom. The second-order valence-corrected chi connectivity index (χ2v) is 3.94. The molecule has 18 heavy (non-hydrogen) atoms. The molecule has 0 fully saturated rings. The number of benzene rings is 1. The third-order valence-corrected chi connectivity index (χ3v) is 2.34. The Kier molecular flexibility index (Phi) is 5.67. The van der Waals surface area contributed by atoms with Crippen molar-refractivity contribution in [1.82, 2.24) is 4.90 Å². The Labute approximate surface area is 108 Å². The molecule has 3 N–H and O–H groups in total. The monoisotopic (exact) mass is 245 g/mol. The Balaban J connectivity index is 2.51. The molecule has 0 aromatic heterocycles. The van der Waals surface area contributed by atoms with Crippen molar-refractivity contribution < 1.29 is 4.79 Å². The first-order valence-electron chi connectivity index (χ1n) is 5.75. The molecular weight excluding hydrogens is 226 g/mol. The van der Waals surface area contributed by atoms with Crippen molar-refractivity contribution in [2.75, 3.05) is 30.7 Å². The van der Waals surface area contributed by atoms with Crippen molar-refractivity contribution in [1.29, 1.82) is 0 Å². The van der Waals surface area contributed by atoms with Gasteiger partial charge in [0.15, 0.2) is 0 Å². The largest absolute Gasteiger partial charge is 0.399 e. The van der Waals surface area contributed by atoms with E-state index < -0.39 is 0 Å². The van der Waals surface area contributed by atoms with Crippen molar-refractivity contribution in [3.63, 3.8) is 0 Å². The number of nitrogens with two attached hydrogens (primary N) is 1. The number of nitrogen functional groups attached to an aromatic ring is 1. The highest BCUT2D eigenvalue weighted by Crippen LogP contribution is 2.10. The number of nitrogens with zero attached hydrogens (tertiary/aromatic N) is 1. The topological polar surface area (TPSA) is 58.4 Å². The van der Waals surface area contributed by atoms with E-state index in [1.165, 1.54) is 0 Å². The quantitative estimate of drug-likeness (QED) is 0.569. The van der Waals surface area contributed by atoms with Crippen LogP contribution in [0.2, 0.25) is 0 Å². The average Bonchev–Trinajstić information content (AvgIpc) is 2.33. The van der Waals surface area contributed by atoms with Gasteiger partial charge in [-0.2, -0.15) is 0 Å². The number of hydrogen-bond donors (Lipinski definition) is 2. The fraction of sp³-hybridized carbons (Fsp3) is 0.214. The van der Waals surface area contributed by atoms with Gasteiger partial charge in [-0.1, -0.05) is 12.2 Å². The minimum atomic E-state index is -0.0662. The van der Waals surface area contributed by atoms with Crippen molar-refractivity contribution in [3.05, 3.63) is 49.6 Å². The number of carbonyl (C=O) groups excluding carboxylic acids is 1. The van der Waals surface area contributed by atoms with Crippen LogP contribution in [0.4, 0.5) is 11.4 Å². The number of carbonyl (C=O) groups is 1. The molecule has 0 saturated heterocycles. The van der Waals surface area contributed by atoms with Crippen LogP contribution in [0, 0.1) is 0 Å². The standard InChI is InChI=1S/C14H19N3O/c1-3-9-17(10-4-2)11-14(18)16-13-7-5-12(15)6-8-13/h3-8H,1-2,9-11,15H2,(H,16,18). The van der Waals surface area contributed by atoms with Crippen LogP contribution in [0.1, 0.15) is 0 Å². The molecule has 1 aromatic carbocycles. The van der Waals surface area contributed by atoms with E-state index in [0.717, 1.165) is 5.69 Å². The van der Waals surface area contributed by atoms with Gasteiger partial charge in [0.2, 0.25) is 5.91 Å². The molecule has 0 spiro atoms. The number of rotatable bonds is 7. The lowest BCUT2D eigenvalue weighted by atomic mass is 10.3. The van der Waals surface area contributed by atoms with Gasteiger partial charge in [-0.25, -0.2) is 0 Å². The Morgan fingerprint density at radius 1 is 1.22 bits per heavy atom. The maximum atomic E-state index is 11.8. The average molecular weight is 245 g/mol. The van der Waals surface area contributed by atoms with E-state index in [-0.39, 0.29) is 5.91 Å². The molecule has 0 radical (unpaired) electrons. The number of anilines is 2. The first-order valence-corrected chi connectivity index (χ1v) is 5.75. The molecule has 0 bridgehead atoms. The van der Waals surface area contributed by atoms with Crippen molar-refractivity contribution in [3.8, 4) is 0 Å². The summed E-state index contributed by atoms with van der Waals surface area (Å²) in [6.07, 6.45) is 3.53. The molecule has 4 nitrogen and oxygen atoms in total. The van der Waals surface area contributed by atoms with Gasteiger partial charge >= 0.3 is 0 Å². The predicted molar refractivity (Wildman–Crippen MR) is 76.3 cm³/mol. The minimum Gasteiger partial charge on any atom is -0.399 e. The maximum Gasteiger partial charge on any atom is 0.238 e. The van der Waals surface area contributed by atoms with Crippen molar-refractivity contribution in [2.45, 2.75) is 0 Å². The van der Waals surface area contributed by atoms with E-state index in [1.807, 2.05) is 4.90 Å². The molecule has 0 aliphatic carbocycles. The van der Waals surface area contributed by atoms with Crippen molar-refractivity contribution >= 4 is 17.3 Å². The first kappa shape index (κ1) is 14.0. The number of amides is 1. The summed E-state index contributed by atoms with van der Waals surface area (Å²) in [7, 11) is 0. The summed E-state index contributed by atoms with van der Waals surface area (Å²) in [5, 5.41) is 2.81. The number of hydrogen-bond acceptors (Lipinski definition) is 3. The van der Waals surface area contributed by atoms with Crippen LogP contribution in [0.3, 0.4) is 0 Å². The lowest BCUT2D eigenvalue weighted by Crippen LogP contribution is -2.33. The number of nitrogens with one attached hydrogen (secondary N) is 1. The molecule has 1 rings (SSSR count). The highest BCUT2D eigenvalue weighted by Gasteiger charge is 2.08. The van der Waals surface area contributed by atoms with Gasteiger partial charge in [-0.15, -0.1) is 13.2 Å². The van der Waals surface area contributed by atoms with Crippen LogP contribution >= 0.6 is 0 Å². The van der Waals surface area contributed by atoms with Gasteiger partial charge in [0.25, 0.3) is 0 Å².